The number of benzene rings is 2. The van der Waals surface area contributed by atoms with Crippen LogP contribution < -0.4 is 4.74 Å². The maximum Gasteiger partial charge on any atom is 0.341 e. The molecular weight excluding hydrogens is 385 g/mol. The third-order valence-corrected chi connectivity index (χ3v) is 6.36. The van der Waals surface area contributed by atoms with Crippen molar-refractivity contribution in [3.05, 3.63) is 65.5 Å². The largest absolute Gasteiger partial charge is 0.487 e. The van der Waals surface area contributed by atoms with E-state index in [2.05, 4.69) is 4.90 Å². The Bertz CT molecular complexity index is 872. The van der Waals surface area contributed by atoms with Gasteiger partial charge in [-0.15, -0.1) is 0 Å². The number of carbonyl (C=O) groups is 1. The lowest BCUT2D eigenvalue weighted by Crippen LogP contribution is -2.42. The van der Waals surface area contributed by atoms with E-state index in [4.69, 9.17) is 9.47 Å². The summed E-state index contributed by atoms with van der Waals surface area (Å²) in [5, 5.41) is 10.7. The number of esters is 1. The molecule has 5 nitrogen and oxygen atoms in total. The highest BCUT2D eigenvalue weighted by Crippen LogP contribution is 2.38. The van der Waals surface area contributed by atoms with Crippen LogP contribution in [-0.4, -0.2) is 54.9 Å². The van der Waals surface area contributed by atoms with E-state index in [0.29, 0.717) is 29.6 Å². The summed E-state index contributed by atoms with van der Waals surface area (Å²) < 4.78 is 24.0. The van der Waals surface area contributed by atoms with E-state index in [1.54, 1.807) is 18.2 Å². The van der Waals surface area contributed by atoms with E-state index in [0.717, 1.165) is 38.0 Å². The van der Waals surface area contributed by atoms with Crippen LogP contribution in [0.4, 0.5) is 4.39 Å². The average Bonchev–Trinajstić information content (AvgIpc) is 3.15. The number of methoxy groups -OCH3 is 1. The molecule has 1 heterocycles. The van der Waals surface area contributed by atoms with Gasteiger partial charge in [-0.3, -0.25) is 0 Å². The highest BCUT2D eigenvalue weighted by atomic mass is 19.1. The zero-order valence-corrected chi connectivity index (χ0v) is 17.2. The summed E-state index contributed by atoms with van der Waals surface area (Å²) >= 11 is 0. The van der Waals surface area contributed by atoms with Gasteiger partial charge in [0.15, 0.2) is 0 Å². The highest BCUT2D eigenvalue weighted by Gasteiger charge is 2.42. The fraction of sp³-hybridized carbons (Fsp3) is 0.458. The van der Waals surface area contributed by atoms with Gasteiger partial charge in [-0.25, -0.2) is 9.18 Å². The number of hydrogen-bond acceptors (Lipinski definition) is 5. The van der Waals surface area contributed by atoms with Crippen molar-refractivity contribution in [2.45, 2.75) is 31.5 Å². The van der Waals surface area contributed by atoms with Crippen molar-refractivity contribution in [2.24, 2.45) is 11.8 Å². The maximum atomic E-state index is 13.1. The monoisotopic (exact) mass is 413 g/mol. The highest BCUT2D eigenvalue weighted by molar-refractivity contribution is 5.92. The molecule has 1 saturated carbocycles. The minimum absolute atomic E-state index is 0.209. The molecule has 160 valence electrons. The van der Waals surface area contributed by atoms with Crippen LogP contribution in [0.1, 0.15) is 28.8 Å². The molecule has 2 aromatic rings. The van der Waals surface area contributed by atoms with E-state index in [1.165, 1.54) is 19.2 Å². The molecule has 6 heteroatoms. The summed E-state index contributed by atoms with van der Waals surface area (Å²) in [6, 6.07) is 13.7. The third kappa shape index (κ3) is 4.65. The van der Waals surface area contributed by atoms with Crippen LogP contribution in [0.25, 0.3) is 0 Å². The number of carbonyl (C=O) groups excluding carboxylic acids is 1. The molecule has 0 unspecified atom stereocenters. The normalized spacial score (nSPS) is 26.2. The molecule has 0 radical (unpaired) electrons. The minimum atomic E-state index is -0.561. The molecule has 4 atom stereocenters. The summed E-state index contributed by atoms with van der Waals surface area (Å²) in [5.41, 5.74) is 1.51. The van der Waals surface area contributed by atoms with Gasteiger partial charge in [0.2, 0.25) is 0 Å². The Morgan fingerprint density at radius 2 is 1.80 bits per heavy atom. The van der Waals surface area contributed by atoms with Crippen molar-refractivity contribution < 1.29 is 23.8 Å². The van der Waals surface area contributed by atoms with Crippen LogP contribution in [-0.2, 0) is 11.2 Å². The van der Waals surface area contributed by atoms with Gasteiger partial charge in [-0.05, 0) is 60.9 Å². The van der Waals surface area contributed by atoms with Gasteiger partial charge in [0.05, 0.1) is 13.2 Å². The number of fused-ring (bicyclic) bond motifs is 1. The van der Waals surface area contributed by atoms with Crippen LogP contribution >= 0.6 is 0 Å². The van der Waals surface area contributed by atoms with Crippen LogP contribution in [0, 0.1) is 17.7 Å². The maximum absolute atomic E-state index is 13.1. The molecule has 0 amide bonds. The van der Waals surface area contributed by atoms with E-state index in [1.807, 2.05) is 18.2 Å². The number of hydrogen-bond donors (Lipinski definition) is 1. The van der Waals surface area contributed by atoms with Crippen LogP contribution in [0.5, 0.6) is 5.75 Å². The number of rotatable bonds is 6. The molecule has 1 saturated heterocycles. The standard InChI is InChI=1S/C24H28FNO4/c1-29-24(28)20-4-2-3-5-22(20)30-23-13-18-15-26(14-17(18)12-21(23)27)11-10-16-6-8-19(25)9-7-16/h2-9,17-18,21,23,27H,10-15H2,1H3/t17-,18+,21+,23+/m0/s1. The topological polar surface area (TPSA) is 59.0 Å². The van der Waals surface area contributed by atoms with Crippen LogP contribution in [0.3, 0.4) is 0 Å². The first-order chi connectivity index (χ1) is 14.5. The van der Waals surface area contributed by atoms with Gasteiger partial charge in [0.1, 0.15) is 23.2 Å². The van der Waals surface area contributed by atoms with E-state index < -0.39 is 12.1 Å². The van der Waals surface area contributed by atoms with Gasteiger partial charge < -0.3 is 19.5 Å². The lowest BCUT2D eigenvalue weighted by atomic mass is 9.78. The second-order valence-electron chi connectivity index (χ2n) is 8.34. The number of halogens is 1. The molecular formula is C24H28FNO4. The molecule has 2 aromatic carbocycles. The SMILES string of the molecule is COC(=O)c1ccccc1O[C@@H]1C[C@@H]2CN(CCc3ccc(F)cc3)C[C@@H]2C[C@H]1O. The molecule has 0 aromatic heterocycles. The zero-order chi connectivity index (χ0) is 21.1. The Morgan fingerprint density at radius 3 is 2.53 bits per heavy atom. The number of aliphatic hydroxyl groups is 1. The lowest BCUT2D eigenvalue weighted by molar-refractivity contribution is -0.0237. The van der Waals surface area contributed by atoms with Crippen molar-refractivity contribution in [2.75, 3.05) is 26.7 Å². The summed E-state index contributed by atoms with van der Waals surface area (Å²) in [4.78, 5) is 14.4. The molecule has 4 rings (SSSR count). The van der Waals surface area contributed by atoms with Crippen molar-refractivity contribution in [1.29, 1.82) is 0 Å². The molecule has 1 N–H and O–H groups in total. The summed E-state index contributed by atoms with van der Waals surface area (Å²) in [6.07, 6.45) is 1.44. The van der Waals surface area contributed by atoms with Gasteiger partial charge in [-0.1, -0.05) is 24.3 Å². The van der Waals surface area contributed by atoms with Crippen molar-refractivity contribution in [1.82, 2.24) is 4.90 Å². The number of para-hydroxylation sites is 1. The summed E-state index contributed by atoms with van der Waals surface area (Å²) in [7, 11) is 1.35. The summed E-state index contributed by atoms with van der Waals surface area (Å²) in [6.45, 7) is 2.86. The Hall–Kier alpha value is -2.44. The Morgan fingerprint density at radius 1 is 1.10 bits per heavy atom. The first-order valence-corrected chi connectivity index (χ1v) is 10.5. The quantitative estimate of drug-likeness (QED) is 0.737. The van der Waals surface area contributed by atoms with Crippen molar-refractivity contribution in [3.63, 3.8) is 0 Å². The van der Waals surface area contributed by atoms with Crippen molar-refractivity contribution >= 4 is 5.97 Å². The number of aliphatic hydroxyl groups excluding tert-OH is 1. The second kappa shape index (κ2) is 9.14. The Balaban J connectivity index is 1.36. The number of likely N-dealkylation sites (tertiary alicyclic amines) is 1. The van der Waals surface area contributed by atoms with Crippen LogP contribution in [0.15, 0.2) is 48.5 Å². The predicted molar refractivity (Wildman–Crippen MR) is 111 cm³/mol. The van der Waals surface area contributed by atoms with Gasteiger partial charge >= 0.3 is 5.97 Å². The van der Waals surface area contributed by atoms with Gasteiger partial charge in [-0.2, -0.15) is 0 Å². The molecule has 30 heavy (non-hydrogen) atoms. The van der Waals surface area contributed by atoms with E-state index in [-0.39, 0.29) is 11.9 Å². The lowest BCUT2D eigenvalue weighted by Gasteiger charge is -2.35. The zero-order valence-electron chi connectivity index (χ0n) is 17.2. The van der Waals surface area contributed by atoms with Crippen molar-refractivity contribution in [3.8, 4) is 5.75 Å². The van der Waals surface area contributed by atoms with Crippen LogP contribution in [0.2, 0.25) is 0 Å². The summed E-state index contributed by atoms with van der Waals surface area (Å²) in [5.74, 6) is 0.709. The van der Waals surface area contributed by atoms with Gasteiger partial charge in [0, 0.05) is 19.6 Å². The fourth-order valence-electron chi connectivity index (χ4n) is 4.75. The molecule has 2 aliphatic rings. The average molecular weight is 413 g/mol. The van der Waals surface area contributed by atoms with E-state index in [9.17, 15) is 14.3 Å². The Labute approximate surface area is 176 Å². The van der Waals surface area contributed by atoms with Gasteiger partial charge in [0.25, 0.3) is 0 Å². The molecule has 2 fully saturated rings. The first kappa shape index (κ1) is 20.8. The number of nitrogens with zero attached hydrogens (tertiary/aromatic N) is 1. The molecule has 0 spiro atoms. The Kier molecular flexibility index (Phi) is 6.35. The fourth-order valence-corrected chi connectivity index (χ4v) is 4.75. The molecule has 0 bridgehead atoms. The second-order valence-corrected chi connectivity index (χ2v) is 8.34. The smallest absolute Gasteiger partial charge is 0.341 e. The van der Waals surface area contributed by atoms with E-state index >= 15 is 0 Å². The number of ether oxygens (including phenoxy) is 2. The minimum Gasteiger partial charge on any atom is -0.487 e. The molecule has 1 aliphatic heterocycles. The molecule has 1 aliphatic carbocycles. The first-order valence-electron chi connectivity index (χ1n) is 10.5. The third-order valence-electron chi connectivity index (χ3n) is 6.36. The predicted octanol–water partition coefficient (Wildman–Crippen LogP) is 3.31.